The Kier molecular flexibility index (Phi) is 8.12. The maximum atomic E-state index is 13.6. The third kappa shape index (κ3) is 5.62. The van der Waals surface area contributed by atoms with Gasteiger partial charge in [-0.15, -0.1) is 0 Å². The van der Waals surface area contributed by atoms with E-state index in [2.05, 4.69) is 51.8 Å². The molecule has 1 aliphatic heterocycles. The SMILES string of the molecule is COCCN1C(N)=C(C#N)[C@@H](c2cc(Br)c(OCc3cccc(F)c3)c(Br)c2)C2=C1CC(C)(C)CC2=O. The molecule has 37 heavy (non-hydrogen) atoms. The molecule has 6 nitrogen and oxygen atoms in total. The van der Waals surface area contributed by atoms with Crippen molar-refractivity contribution >= 4 is 37.6 Å². The number of nitrogens with two attached hydrogens (primary N) is 1. The predicted octanol–water partition coefficient (Wildman–Crippen LogP) is 6.31. The van der Waals surface area contributed by atoms with Gasteiger partial charge in [0.1, 0.15) is 24.0 Å². The smallest absolute Gasteiger partial charge is 0.162 e. The molecule has 2 aromatic carbocycles. The molecular weight excluding hydrogens is 605 g/mol. The topological polar surface area (TPSA) is 88.6 Å². The van der Waals surface area contributed by atoms with Gasteiger partial charge in [0.15, 0.2) is 5.78 Å². The molecule has 0 unspecified atom stereocenters. The number of nitrogens with zero attached hydrogens (tertiary/aromatic N) is 2. The molecule has 1 aliphatic carbocycles. The van der Waals surface area contributed by atoms with E-state index < -0.39 is 5.92 Å². The number of hydrogen-bond acceptors (Lipinski definition) is 6. The fourth-order valence-electron chi connectivity index (χ4n) is 5.01. The molecule has 0 amide bonds. The number of ether oxygens (including phenoxy) is 2. The number of halogens is 3. The third-order valence-corrected chi connectivity index (χ3v) is 7.81. The molecule has 9 heteroatoms. The molecule has 2 aliphatic rings. The number of methoxy groups -OCH3 is 1. The van der Waals surface area contributed by atoms with E-state index in [9.17, 15) is 14.4 Å². The minimum Gasteiger partial charge on any atom is -0.487 e. The summed E-state index contributed by atoms with van der Waals surface area (Å²) >= 11 is 7.18. The summed E-state index contributed by atoms with van der Waals surface area (Å²) in [4.78, 5) is 15.4. The van der Waals surface area contributed by atoms with Crippen molar-refractivity contribution in [2.75, 3.05) is 20.3 Å². The van der Waals surface area contributed by atoms with Crippen LogP contribution in [0.2, 0.25) is 0 Å². The van der Waals surface area contributed by atoms with Gasteiger partial charge in [0.25, 0.3) is 0 Å². The molecule has 2 N–H and O–H groups in total. The van der Waals surface area contributed by atoms with Crippen molar-refractivity contribution in [1.29, 1.82) is 5.26 Å². The minimum absolute atomic E-state index is 0.0117. The van der Waals surface area contributed by atoms with Crippen LogP contribution in [0.4, 0.5) is 4.39 Å². The number of benzene rings is 2. The van der Waals surface area contributed by atoms with Gasteiger partial charge in [-0.2, -0.15) is 5.26 Å². The van der Waals surface area contributed by atoms with Gasteiger partial charge >= 0.3 is 0 Å². The Morgan fingerprint density at radius 2 is 1.92 bits per heavy atom. The van der Waals surface area contributed by atoms with E-state index in [0.717, 1.165) is 11.3 Å². The van der Waals surface area contributed by atoms with Gasteiger partial charge in [-0.05, 0) is 79.1 Å². The van der Waals surface area contributed by atoms with Crippen LogP contribution in [0, 0.1) is 22.6 Å². The van der Waals surface area contributed by atoms with Crippen molar-refractivity contribution in [3.63, 3.8) is 0 Å². The molecule has 1 heterocycles. The number of carbonyl (C=O) groups is 1. The Hall–Kier alpha value is -2.67. The second-order valence-electron chi connectivity index (χ2n) is 10.0. The van der Waals surface area contributed by atoms with Gasteiger partial charge in [0, 0.05) is 31.3 Å². The van der Waals surface area contributed by atoms with Crippen LogP contribution in [0.1, 0.15) is 43.7 Å². The average molecular weight is 633 g/mol. The standard InChI is InChI=1S/C28H28Br2FN3O3/c1-28(2)12-22-25(23(35)13-28)24(19(14-32)27(33)34(22)7-8-36-3)17-10-20(29)26(21(30)11-17)37-15-16-5-4-6-18(31)9-16/h4-6,9-11,24H,7-8,12-13,15,33H2,1-3H3/t24-/m1/s1. The van der Waals surface area contributed by atoms with Gasteiger partial charge in [-0.1, -0.05) is 26.0 Å². The summed E-state index contributed by atoms with van der Waals surface area (Å²) in [6.07, 6.45) is 1.04. The van der Waals surface area contributed by atoms with E-state index >= 15 is 0 Å². The molecule has 0 saturated carbocycles. The van der Waals surface area contributed by atoms with E-state index in [1.165, 1.54) is 12.1 Å². The number of nitriles is 1. The first-order valence-electron chi connectivity index (χ1n) is 11.8. The molecule has 0 radical (unpaired) electrons. The summed E-state index contributed by atoms with van der Waals surface area (Å²) in [7, 11) is 1.61. The largest absolute Gasteiger partial charge is 0.487 e. The maximum absolute atomic E-state index is 13.6. The van der Waals surface area contributed by atoms with Crippen LogP contribution in [0.25, 0.3) is 0 Å². The number of Topliss-reactive ketones (excluding diaryl/α,β-unsaturated/α-hetero) is 1. The fourth-order valence-corrected chi connectivity index (χ4v) is 6.46. The molecule has 4 rings (SSSR count). The van der Waals surface area contributed by atoms with Crippen LogP contribution >= 0.6 is 31.9 Å². The molecule has 0 aromatic heterocycles. The molecule has 0 saturated heterocycles. The van der Waals surface area contributed by atoms with Crippen molar-refractivity contribution in [3.8, 4) is 11.8 Å². The molecule has 194 valence electrons. The zero-order valence-electron chi connectivity index (χ0n) is 20.9. The van der Waals surface area contributed by atoms with Gasteiger partial charge in [0.2, 0.25) is 0 Å². The van der Waals surface area contributed by atoms with Gasteiger partial charge in [-0.25, -0.2) is 4.39 Å². The van der Waals surface area contributed by atoms with Crippen molar-refractivity contribution in [2.45, 2.75) is 39.2 Å². The Balaban J connectivity index is 1.77. The zero-order chi connectivity index (χ0) is 26.9. The number of rotatable bonds is 7. The van der Waals surface area contributed by atoms with E-state index in [-0.39, 0.29) is 23.6 Å². The fraction of sp³-hybridized carbons (Fsp3) is 0.357. The van der Waals surface area contributed by atoms with Crippen LogP contribution in [0.3, 0.4) is 0 Å². The van der Waals surface area contributed by atoms with Crippen molar-refractivity contribution in [1.82, 2.24) is 4.90 Å². The first-order valence-corrected chi connectivity index (χ1v) is 13.4. The summed E-state index contributed by atoms with van der Waals surface area (Å²) in [6.45, 7) is 5.16. The number of hydrogen-bond donors (Lipinski definition) is 1. The second kappa shape index (κ2) is 11.0. The van der Waals surface area contributed by atoms with Crippen LogP contribution in [0.15, 0.2) is 68.0 Å². The Labute approximate surface area is 233 Å². The summed E-state index contributed by atoms with van der Waals surface area (Å²) in [5.41, 5.74) is 9.56. The molecule has 1 atom stereocenters. The quantitative estimate of drug-likeness (QED) is 0.385. The predicted molar refractivity (Wildman–Crippen MR) is 146 cm³/mol. The summed E-state index contributed by atoms with van der Waals surface area (Å²) < 4.78 is 26.1. The van der Waals surface area contributed by atoms with Crippen molar-refractivity contribution < 1.29 is 18.7 Å². The Morgan fingerprint density at radius 1 is 1.22 bits per heavy atom. The number of ketones is 1. The molecular formula is C28H28Br2FN3O3. The summed E-state index contributed by atoms with van der Waals surface area (Å²) in [5, 5.41) is 10.2. The van der Waals surface area contributed by atoms with Crippen molar-refractivity contribution in [2.24, 2.45) is 11.1 Å². The first kappa shape index (κ1) is 27.4. The lowest BCUT2D eigenvalue weighted by atomic mass is 9.68. The molecule has 0 fully saturated rings. The van der Waals surface area contributed by atoms with Gasteiger partial charge < -0.3 is 20.1 Å². The van der Waals surface area contributed by atoms with E-state index in [1.807, 2.05) is 17.0 Å². The number of allylic oxidation sites excluding steroid dienone is 3. The van der Waals surface area contributed by atoms with Crippen LogP contribution < -0.4 is 10.5 Å². The lowest BCUT2D eigenvalue weighted by Gasteiger charge is -2.43. The monoisotopic (exact) mass is 631 g/mol. The summed E-state index contributed by atoms with van der Waals surface area (Å²) in [5.74, 6) is -0.0483. The van der Waals surface area contributed by atoms with Gasteiger partial charge in [0.05, 0.1) is 33.1 Å². The Morgan fingerprint density at radius 3 is 2.54 bits per heavy atom. The Bertz CT molecular complexity index is 1320. The van der Waals surface area contributed by atoms with E-state index in [4.69, 9.17) is 15.2 Å². The molecule has 2 aromatic rings. The van der Waals surface area contributed by atoms with Crippen LogP contribution in [-0.4, -0.2) is 30.9 Å². The third-order valence-electron chi connectivity index (χ3n) is 6.63. The van der Waals surface area contributed by atoms with Crippen LogP contribution in [0.5, 0.6) is 5.75 Å². The summed E-state index contributed by atoms with van der Waals surface area (Å²) in [6, 6.07) is 12.2. The number of carbonyl (C=O) groups excluding carboxylic acids is 1. The highest BCUT2D eigenvalue weighted by atomic mass is 79.9. The normalized spacial score (nSPS) is 19.1. The van der Waals surface area contributed by atoms with Crippen molar-refractivity contribution in [3.05, 3.63) is 85.0 Å². The average Bonchev–Trinajstić information content (AvgIpc) is 2.81. The van der Waals surface area contributed by atoms with Gasteiger partial charge in [-0.3, -0.25) is 4.79 Å². The maximum Gasteiger partial charge on any atom is 0.162 e. The molecule has 0 bridgehead atoms. The highest BCUT2D eigenvalue weighted by Gasteiger charge is 2.44. The van der Waals surface area contributed by atoms with E-state index in [1.54, 1.807) is 19.2 Å². The van der Waals surface area contributed by atoms with Crippen LogP contribution in [-0.2, 0) is 16.1 Å². The molecule has 0 spiro atoms. The minimum atomic E-state index is -0.604. The first-order chi connectivity index (χ1) is 17.6. The zero-order valence-corrected chi connectivity index (χ0v) is 24.1. The second-order valence-corrected chi connectivity index (χ2v) is 11.7. The lowest BCUT2D eigenvalue weighted by Crippen LogP contribution is -2.43. The highest BCUT2D eigenvalue weighted by Crippen LogP contribution is 2.50. The highest BCUT2D eigenvalue weighted by molar-refractivity contribution is 9.11. The lowest BCUT2D eigenvalue weighted by molar-refractivity contribution is -0.118. The van der Waals surface area contributed by atoms with E-state index in [0.29, 0.717) is 63.2 Å².